The van der Waals surface area contributed by atoms with E-state index in [0.29, 0.717) is 30.7 Å². The highest BCUT2D eigenvalue weighted by atomic mass is 35.5. The molecule has 2 aromatic rings. The summed E-state index contributed by atoms with van der Waals surface area (Å²) >= 11 is 6.43. The number of hydrogen-bond donors (Lipinski definition) is 1. The van der Waals surface area contributed by atoms with Gasteiger partial charge in [0, 0.05) is 37.6 Å². The van der Waals surface area contributed by atoms with E-state index in [1.807, 2.05) is 18.2 Å². The molecule has 2 bridgehead atoms. The highest BCUT2D eigenvalue weighted by molar-refractivity contribution is 7.92. The molecule has 0 saturated heterocycles. The third kappa shape index (κ3) is 6.26. The monoisotopic (exact) mass is 655 g/mol. The standard InChI is InChI=1S/C34H42ClN3O6S/c1-22(39)36-45(41)26-11-14-31-29(18-26)38(20-34(21-43-31)15-5-7-23-17-25(35)10-13-28(23)34)19-24-9-12-27(24)30(42-4)8-6-16-44-33(2,3)32(40)37-45/h6,8,10-11,13-14,17-18,24,27,30H,5,7,9,12,15-16,19-21H2,1-4H3,(H,36,37,39,40,41)/b8-6-/t24-,27+,30-,34-,45?/m0/s1. The maximum absolute atomic E-state index is 14.5. The van der Waals surface area contributed by atoms with Gasteiger partial charge in [0.2, 0.25) is 5.91 Å². The van der Waals surface area contributed by atoms with E-state index in [9.17, 15) is 13.8 Å². The molecule has 11 heteroatoms. The van der Waals surface area contributed by atoms with E-state index < -0.39 is 27.3 Å². The Balaban J connectivity index is 1.51. The van der Waals surface area contributed by atoms with Gasteiger partial charge in [-0.15, -0.1) is 4.36 Å². The zero-order valence-corrected chi connectivity index (χ0v) is 27.9. The number of aryl methyl sites for hydroxylation is 1. The number of nitrogens with one attached hydrogen (secondary N) is 1. The topological polar surface area (TPSA) is 107 Å². The first-order chi connectivity index (χ1) is 21.4. The number of halogens is 1. The Bertz CT molecular complexity index is 1650. The number of methoxy groups -OCH3 is 1. The Morgan fingerprint density at radius 1 is 1.20 bits per heavy atom. The fourth-order valence-corrected chi connectivity index (χ4v) is 9.09. The summed E-state index contributed by atoms with van der Waals surface area (Å²) in [5.41, 5.74) is 1.61. The van der Waals surface area contributed by atoms with Crippen LogP contribution < -0.4 is 14.4 Å². The van der Waals surface area contributed by atoms with E-state index in [0.717, 1.165) is 49.4 Å². The smallest absolute Gasteiger partial charge is 0.287 e. The number of ether oxygens (including phenoxy) is 3. The largest absolute Gasteiger partial charge is 0.490 e. The average molecular weight is 656 g/mol. The van der Waals surface area contributed by atoms with Gasteiger partial charge in [-0.25, -0.2) is 4.21 Å². The minimum Gasteiger partial charge on any atom is -0.490 e. The summed E-state index contributed by atoms with van der Waals surface area (Å²) in [6, 6.07) is 11.4. The van der Waals surface area contributed by atoms with Gasteiger partial charge in [-0.3, -0.25) is 14.3 Å². The molecule has 242 valence electrons. The fourth-order valence-electron chi connectivity index (χ4n) is 7.26. The molecule has 2 aliphatic carbocycles. The number of anilines is 1. The Hall–Kier alpha value is -2.92. The predicted octanol–water partition coefficient (Wildman–Crippen LogP) is 5.62. The molecule has 2 aromatic carbocycles. The number of fused-ring (bicyclic) bond motifs is 4. The molecule has 6 rings (SSSR count). The maximum Gasteiger partial charge on any atom is 0.287 e. The number of hydrogen-bond acceptors (Lipinski definition) is 7. The van der Waals surface area contributed by atoms with Crippen LogP contribution in [0.4, 0.5) is 5.69 Å². The lowest BCUT2D eigenvalue weighted by Crippen LogP contribution is -2.49. The summed E-state index contributed by atoms with van der Waals surface area (Å²) in [5.74, 6) is 0.0161. The lowest BCUT2D eigenvalue weighted by molar-refractivity contribution is -0.137. The van der Waals surface area contributed by atoms with Crippen LogP contribution in [0.5, 0.6) is 5.75 Å². The highest BCUT2D eigenvalue weighted by Gasteiger charge is 2.44. The third-order valence-electron chi connectivity index (χ3n) is 9.83. The number of amides is 2. The number of rotatable bonds is 2. The molecular weight excluding hydrogens is 614 g/mol. The minimum atomic E-state index is -3.70. The molecule has 1 spiro atoms. The van der Waals surface area contributed by atoms with Gasteiger partial charge in [-0.2, -0.15) is 0 Å². The lowest BCUT2D eigenvalue weighted by atomic mass is 9.68. The molecule has 5 atom stereocenters. The second kappa shape index (κ2) is 12.4. The molecule has 45 heavy (non-hydrogen) atoms. The van der Waals surface area contributed by atoms with Crippen molar-refractivity contribution in [3.05, 3.63) is 64.7 Å². The number of nitrogens with zero attached hydrogens (tertiary/aromatic N) is 2. The van der Waals surface area contributed by atoms with Crippen LogP contribution in [0.3, 0.4) is 0 Å². The summed E-state index contributed by atoms with van der Waals surface area (Å²) in [7, 11) is -1.97. The molecule has 9 nitrogen and oxygen atoms in total. The molecule has 0 aromatic heterocycles. The Morgan fingerprint density at radius 3 is 2.76 bits per heavy atom. The maximum atomic E-state index is 14.5. The second-order valence-electron chi connectivity index (χ2n) is 13.3. The molecule has 2 amide bonds. The van der Waals surface area contributed by atoms with E-state index >= 15 is 0 Å². The van der Waals surface area contributed by atoms with Crippen molar-refractivity contribution in [2.75, 3.05) is 38.3 Å². The van der Waals surface area contributed by atoms with Crippen molar-refractivity contribution in [2.24, 2.45) is 16.2 Å². The number of benzene rings is 2. The molecule has 1 fully saturated rings. The van der Waals surface area contributed by atoms with Crippen molar-refractivity contribution in [3.8, 4) is 5.75 Å². The molecule has 0 radical (unpaired) electrons. The zero-order chi connectivity index (χ0) is 32.0. The second-order valence-corrected chi connectivity index (χ2v) is 15.6. The van der Waals surface area contributed by atoms with Crippen LogP contribution in [-0.2, 0) is 40.8 Å². The Labute approximate surface area is 270 Å². The third-order valence-corrected chi connectivity index (χ3v) is 11.9. The van der Waals surface area contributed by atoms with Crippen LogP contribution in [0.15, 0.2) is 57.8 Å². The lowest BCUT2D eigenvalue weighted by Gasteiger charge is -2.46. The minimum absolute atomic E-state index is 0.0946. The summed E-state index contributed by atoms with van der Waals surface area (Å²) in [5, 5.41) is 0.730. The van der Waals surface area contributed by atoms with Crippen LogP contribution in [0, 0.1) is 11.8 Å². The van der Waals surface area contributed by atoms with Gasteiger partial charge >= 0.3 is 0 Å². The van der Waals surface area contributed by atoms with Crippen molar-refractivity contribution in [1.82, 2.24) is 4.72 Å². The van der Waals surface area contributed by atoms with Crippen LogP contribution in [0.25, 0.3) is 0 Å². The van der Waals surface area contributed by atoms with Gasteiger partial charge in [0.15, 0.2) is 9.92 Å². The summed E-state index contributed by atoms with van der Waals surface area (Å²) in [6.45, 7) is 6.49. The average Bonchev–Trinajstić information content (AvgIpc) is 3.12. The Morgan fingerprint density at radius 2 is 2.02 bits per heavy atom. The summed E-state index contributed by atoms with van der Waals surface area (Å²) in [6.07, 6.45) is 8.83. The SMILES string of the molecule is CO[C@H]1/C=C\COC(C)(C)C(=O)N=S(=O)(NC(C)=O)c2ccc3c(c2)N(C[C@@H]2CC[C@H]21)C[C@@]1(CCCc2cc(Cl)ccc21)CO3. The van der Waals surface area contributed by atoms with E-state index in [1.54, 1.807) is 39.2 Å². The number of carbonyl (C=O) groups is 2. The molecule has 1 saturated carbocycles. The van der Waals surface area contributed by atoms with Gasteiger partial charge in [-0.05, 0) is 99.2 Å². The fraction of sp³-hybridized carbons (Fsp3) is 0.529. The summed E-state index contributed by atoms with van der Waals surface area (Å²) in [4.78, 5) is 28.3. The first-order valence-corrected chi connectivity index (χ1v) is 17.6. The van der Waals surface area contributed by atoms with Crippen LogP contribution in [0.1, 0.15) is 57.6 Å². The van der Waals surface area contributed by atoms with Gasteiger partial charge in [0.25, 0.3) is 5.91 Å². The molecule has 2 heterocycles. The van der Waals surface area contributed by atoms with Crippen LogP contribution in [0.2, 0.25) is 5.02 Å². The van der Waals surface area contributed by atoms with Gasteiger partial charge in [-0.1, -0.05) is 29.8 Å². The van der Waals surface area contributed by atoms with E-state index in [4.69, 9.17) is 25.8 Å². The molecular formula is C34H42ClN3O6S. The number of carbonyl (C=O) groups excluding carboxylic acids is 2. The molecule has 2 aliphatic heterocycles. The van der Waals surface area contributed by atoms with Crippen molar-refractivity contribution >= 4 is 39.0 Å². The first-order valence-electron chi connectivity index (χ1n) is 15.7. The normalized spacial score (nSPS) is 31.7. The molecule has 1 N–H and O–H groups in total. The van der Waals surface area contributed by atoms with E-state index in [-0.39, 0.29) is 23.0 Å². The molecule has 4 aliphatic rings. The van der Waals surface area contributed by atoms with Gasteiger partial charge in [0.1, 0.15) is 11.4 Å². The highest BCUT2D eigenvalue weighted by Crippen LogP contribution is 2.47. The van der Waals surface area contributed by atoms with Crippen LogP contribution >= 0.6 is 11.6 Å². The predicted molar refractivity (Wildman–Crippen MR) is 174 cm³/mol. The zero-order valence-electron chi connectivity index (χ0n) is 26.3. The van der Waals surface area contributed by atoms with Crippen molar-refractivity contribution in [3.63, 3.8) is 0 Å². The first kappa shape index (κ1) is 32.0. The van der Waals surface area contributed by atoms with Crippen molar-refractivity contribution in [2.45, 2.75) is 74.9 Å². The van der Waals surface area contributed by atoms with Crippen molar-refractivity contribution < 1.29 is 28.0 Å². The van der Waals surface area contributed by atoms with Crippen molar-refractivity contribution in [1.29, 1.82) is 0 Å². The summed E-state index contributed by atoms with van der Waals surface area (Å²) < 4.78 is 39.5. The molecule has 1 unspecified atom stereocenters. The van der Waals surface area contributed by atoms with Gasteiger partial charge < -0.3 is 19.1 Å². The quantitative estimate of drug-likeness (QED) is 0.419. The van der Waals surface area contributed by atoms with Gasteiger partial charge in [0.05, 0.1) is 29.9 Å². The van der Waals surface area contributed by atoms with Crippen LogP contribution in [-0.4, -0.2) is 61.1 Å². The van der Waals surface area contributed by atoms with E-state index in [1.165, 1.54) is 18.1 Å². The van der Waals surface area contributed by atoms with E-state index in [2.05, 4.69) is 26.1 Å². The Kier molecular flexibility index (Phi) is 8.80.